The monoisotopic (exact) mass is 262 g/mol. The van der Waals surface area contributed by atoms with Crippen molar-refractivity contribution in [3.05, 3.63) is 0 Å². The molecule has 2 aliphatic heterocycles. The van der Waals surface area contributed by atoms with E-state index in [2.05, 4.69) is 10.0 Å². The van der Waals surface area contributed by atoms with E-state index >= 15 is 0 Å². The average molecular weight is 262 g/mol. The first-order valence-corrected chi connectivity index (χ1v) is 8.13. The molecule has 0 aromatic heterocycles. The smallest absolute Gasteiger partial charge is 0.214 e. The topological polar surface area (TPSA) is 67.4 Å². The third-order valence-electron chi connectivity index (χ3n) is 3.32. The van der Waals surface area contributed by atoms with Crippen molar-refractivity contribution in [1.29, 1.82) is 0 Å². The minimum Gasteiger partial charge on any atom is -0.377 e. The summed E-state index contributed by atoms with van der Waals surface area (Å²) in [5.74, 6) is 0.115. The summed E-state index contributed by atoms with van der Waals surface area (Å²) < 4.78 is 32.1. The van der Waals surface area contributed by atoms with Crippen molar-refractivity contribution in [2.24, 2.45) is 0 Å². The van der Waals surface area contributed by atoms with Crippen LogP contribution >= 0.6 is 0 Å². The Kier molecular flexibility index (Phi) is 4.78. The molecule has 0 aromatic carbocycles. The molecule has 6 heteroatoms. The quantitative estimate of drug-likeness (QED) is 0.761. The first-order valence-electron chi connectivity index (χ1n) is 6.48. The number of sulfonamides is 1. The lowest BCUT2D eigenvalue weighted by molar-refractivity contribution is 0.0303. The number of hydrogen-bond acceptors (Lipinski definition) is 4. The first-order chi connectivity index (χ1) is 8.16. The van der Waals surface area contributed by atoms with E-state index in [1.165, 1.54) is 0 Å². The van der Waals surface area contributed by atoms with Crippen LogP contribution in [0.4, 0.5) is 0 Å². The molecule has 2 N–H and O–H groups in total. The maximum atomic E-state index is 11.9. The molecule has 2 aliphatic rings. The molecule has 2 atom stereocenters. The van der Waals surface area contributed by atoms with Crippen LogP contribution < -0.4 is 10.0 Å². The number of ether oxygens (including phenoxy) is 1. The number of hydrogen-bond donors (Lipinski definition) is 2. The Morgan fingerprint density at radius 2 is 2.12 bits per heavy atom. The van der Waals surface area contributed by atoms with Gasteiger partial charge in [-0.05, 0) is 38.6 Å². The Hall–Kier alpha value is -0.170. The van der Waals surface area contributed by atoms with Gasteiger partial charge in [-0.1, -0.05) is 0 Å². The number of piperidine rings is 1. The van der Waals surface area contributed by atoms with Crippen LogP contribution in [0.1, 0.15) is 32.1 Å². The second kappa shape index (κ2) is 6.13. The Balaban J connectivity index is 1.80. The molecule has 0 aromatic rings. The summed E-state index contributed by atoms with van der Waals surface area (Å²) in [5, 5.41) is 3.20. The van der Waals surface area contributed by atoms with Gasteiger partial charge in [0.1, 0.15) is 0 Å². The molecule has 2 saturated heterocycles. The lowest BCUT2D eigenvalue weighted by Crippen LogP contribution is -2.47. The molecule has 2 rings (SSSR count). The molecule has 0 bridgehead atoms. The minimum atomic E-state index is -3.20. The summed E-state index contributed by atoms with van der Waals surface area (Å²) >= 11 is 0. The molecule has 17 heavy (non-hydrogen) atoms. The Labute approximate surface area is 103 Å². The van der Waals surface area contributed by atoms with Crippen molar-refractivity contribution in [2.45, 2.75) is 44.2 Å². The summed E-state index contributed by atoms with van der Waals surface area (Å²) in [7, 11) is -3.20. The number of nitrogens with one attached hydrogen (secondary N) is 2. The lowest BCUT2D eigenvalue weighted by atomic mass is 10.1. The van der Waals surface area contributed by atoms with Crippen LogP contribution in [-0.4, -0.2) is 46.0 Å². The fourth-order valence-corrected chi connectivity index (χ4v) is 4.00. The summed E-state index contributed by atoms with van der Waals surface area (Å²) in [6.45, 7) is 2.43. The van der Waals surface area contributed by atoms with Gasteiger partial charge in [-0.2, -0.15) is 0 Å². The lowest BCUT2D eigenvalue weighted by Gasteiger charge is -2.26. The third-order valence-corrected chi connectivity index (χ3v) is 4.83. The van der Waals surface area contributed by atoms with Crippen molar-refractivity contribution >= 4 is 10.0 Å². The van der Waals surface area contributed by atoms with E-state index in [1.54, 1.807) is 0 Å². The van der Waals surface area contributed by atoms with E-state index in [9.17, 15) is 8.42 Å². The van der Waals surface area contributed by atoms with Crippen LogP contribution in [0.5, 0.6) is 0 Å². The molecule has 0 radical (unpaired) electrons. The van der Waals surface area contributed by atoms with Crippen LogP contribution in [0.15, 0.2) is 0 Å². The number of rotatable bonds is 4. The second-order valence-electron chi connectivity index (χ2n) is 4.93. The van der Waals surface area contributed by atoms with E-state index < -0.39 is 10.0 Å². The maximum absolute atomic E-state index is 11.9. The molecular formula is C11H22N2O3S. The summed E-state index contributed by atoms with van der Waals surface area (Å²) in [6.07, 6.45) is 4.84. The summed E-state index contributed by atoms with van der Waals surface area (Å²) in [5.41, 5.74) is 0. The van der Waals surface area contributed by atoms with E-state index in [-0.39, 0.29) is 17.9 Å². The highest BCUT2D eigenvalue weighted by molar-refractivity contribution is 7.89. The Morgan fingerprint density at radius 1 is 1.24 bits per heavy atom. The zero-order chi connectivity index (χ0) is 12.1. The van der Waals surface area contributed by atoms with Crippen LogP contribution in [0.25, 0.3) is 0 Å². The van der Waals surface area contributed by atoms with Crippen molar-refractivity contribution in [1.82, 2.24) is 10.0 Å². The fourth-order valence-electron chi connectivity index (χ4n) is 2.44. The fraction of sp³-hybridized carbons (Fsp3) is 1.00. The van der Waals surface area contributed by atoms with Gasteiger partial charge in [0, 0.05) is 19.2 Å². The maximum Gasteiger partial charge on any atom is 0.214 e. The van der Waals surface area contributed by atoms with Gasteiger partial charge < -0.3 is 10.1 Å². The van der Waals surface area contributed by atoms with Crippen molar-refractivity contribution in [3.63, 3.8) is 0 Å². The summed E-state index contributed by atoms with van der Waals surface area (Å²) in [4.78, 5) is 0. The molecule has 0 aliphatic carbocycles. The molecule has 0 amide bonds. The highest BCUT2D eigenvalue weighted by atomic mass is 32.2. The normalized spacial score (nSPS) is 31.3. The third kappa shape index (κ3) is 4.54. The Bertz CT molecular complexity index is 294. The van der Waals surface area contributed by atoms with E-state index in [1.807, 2.05) is 0 Å². The van der Waals surface area contributed by atoms with Gasteiger partial charge in [0.15, 0.2) is 0 Å². The zero-order valence-electron chi connectivity index (χ0n) is 10.2. The molecule has 2 fully saturated rings. The van der Waals surface area contributed by atoms with Gasteiger partial charge >= 0.3 is 0 Å². The average Bonchev–Trinajstić information content (AvgIpc) is 2.30. The first kappa shape index (κ1) is 13.3. The molecule has 5 nitrogen and oxygen atoms in total. The van der Waals surface area contributed by atoms with Gasteiger partial charge in [-0.25, -0.2) is 13.1 Å². The van der Waals surface area contributed by atoms with Gasteiger partial charge in [0.2, 0.25) is 10.0 Å². The molecular weight excluding hydrogens is 240 g/mol. The van der Waals surface area contributed by atoms with Crippen LogP contribution in [0, 0.1) is 0 Å². The standard InChI is InChI=1S/C11H22N2O3S/c14-17(15,9-11-5-1-2-7-16-11)13-10-4-3-6-12-8-10/h10-13H,1-9H2/t10-,11?/m1/s1. The SMILES string of the molecule is O=S(=O)(CC1CCCCO1)N[C@@H]1CCCNC1. The Morgan fingerprint density at radius 3 is 2.76 bits per heavy atom. The highest BCUT2D eigenvalue weighted by Crippen LogP contribution is 2.14. The van der Waals surface area contributed by atoms with Crippen LogP contribution in [-0.2, 0) is 14.8 Å². The van der Waals surface area contributed by atoms with Gasteiger partial charge in [-0.15, -0.1) is 0 Å². The summed E-state index contributed by atoms with van der Waals surface area (Å²) in [6, 6.07) is 0.0531. The van der Waals surface area contributed by atoms with E-state index in [0.717, 1.165) is 45.2 Å². The molecule has 100 valence electrons. The van der Waals surface area contributed by atoms with Gasteiger partial charge in [0.05, 0.1) is 11.9 Å². The van der Waals surface area contributed by atoms with Gasteiger partial charge in [-0.3, -0.25) is 0 Å². The van der Waals surface area contributed by atoms with Crippen LogP contribution in [0.2, 0.25) is 0 Å². The molecule has 1 unspecified atom stereocenters. The minimum absolute atomic E-state index is 0.0531. The van der Waals surface area contributed by atoms with Crippen molar-refractivity contribution in [2.75, 3.05) is 25.4 Å². The largest absolute Gasteiger partial charge is 0.377 e. The van der Waals surface area contributed by atoms with E-state index in [0.29, 0.717) is 6.61 Å². The molecule has 0 saturated carbocycles. The molecule has 2 heterocycles. The van der Waals surface area contributed by atoms with Gasteiger partial charge in [0.25, 0.3) is 0 Å². The van der Waals surface area contributed by atoms with Crippen molar-refractivity contribution in [3.8, 4) is 0 Å². The predicted octanol–water partition coefficient (Wildman–Crippen LogP) is 0.227. The molecule has 0 spiro atoms. The van der Waals surface area contributed by atoms with Crippen molar-refractivity contribution < 1.29 is 13.2 Å². The zero-order valence-corrected chi connectivity index (χ0v) is 11.0. The highest BCUT2D eigenvalue weighted by Gasteiger charge is 2.25. The van der Waals surface area contributed by atoms with E-state index in [4.69, 9.17) is 4.74 Å². The second-order valence-corrected chi connectivity index (χ2v) is 6.73. The predicted molar refractivity (Wildman–Crippen MR) is 66.4 cm³/mol. The van der Waals surface area contributed by atoms with Crippen LogP contribution in [0.3, 0.4) is 0 Å².